The highest BCUT2D eigenvalue weighted by molar-refractivity contribution is 5.91. The number of hydrogen-bond acceptors (Lipinski definition) is 6. The van der Waals surface area contributed by atoms with Crippen molar-refractivity contribution in [2.75, 3.05) is 18.4 Å². The molecule has 0 bridgehead atoms. The fourth-order valence-electron chi connectivity index (χ4n) is 1.65. The zero-order valence-electron chi connectivity index (χ0n) is 11.4. The number of aromatic nitrogens is 2. The van der Waals surface area contributed by atoms with E-state index in [0.29, 0.717) is 18.8 Å². The minimum atomic E-state index is -0.471. The van der Waals surface area contributed by atoms with Crippen LogP contribution in [0, 0.1) is 10.1 Å². The summed E-state index contributed by atoms with van der Waals surface area (Å²) in [6.45, 7) is 0.767. The van der Waals surface area contributed by atoms with Gasteiger partial charge in [-0.25, -0.2) is 5.10 Å². The molecule has 9 heteroatoms. The molecule has 2 rings (SSSR count). The van der Waals surface area contributed by atoms with E-state index in [-0.39, 0.29) is 16.9 Å². The van der Waals surface area contributed by atoms with Gasteiger partial charge in [0.15, 0.2) is 0 Å². The molecule has 0 aliphatic carbocycles. The lowest BCUT2D eigenvalue weighted by atomic mass is 10.3. The third-order valence-corrected chi connectivity index (χ3v) is 2.73. The Kier molecular flexibility index (Phi) is 4.81. The number of nitro groups is 1. The molecule has 1 aromatic carbocycles. The van der Waals surface area contributed by atoms with Gasteiger partial charge in [-0.15, -0.1) is 0 Å². The summed E-state index contributed by atoms with van der Waals surface area (Å²) in [6.07, 6.45) is 0. The van der Waals surface area contributed by atoms with Gasteiger partial charge in [0.05, 0.1) is 4.92 Å². The van der Waals surface area contributed by atoms with Crippen molar-refractivity contribution in [2.24, 2.45) is 0 Å². The number of carbonyl (C=O) groups is 1. The normalized spacial score (nSPS) is 10.0. The molecule has 0 spiro atoms. The third kappa shape index (κ3) is 4.13. The Hall–Kier alpha value is -3.23. The predicted molar refractivity (Wildman–Crippen MR) is 78.8 cm³/mol. The van der Waals surface area contributed by atoms with Crippen molar-refractivity contribution in [2.45, 2.75) is 0 Å². The minimum absolute atomic E-state index is 0.0167. The van der Waals surface area contributed by atoms with E-state index in [9.17, 15) is 19.7 Å². The summed E-state index contributed by atoms with van der Waals surface area (Å²) in [6, 6.07) is 8.51. The van der Waals surface area contributed by atoms with Crippen molar-refractivity contribution in [1.29, 1.82) is 0 Å². The number of amides is 1. The van der Waals surface area contributed by atoms with Crippen LogP contribution in [0.2, 0.25) is 0 Å². The Labute approximate surface area is 124 Å². The number of anilines is 1. The first kappa shape index (κ1) is 15.2. The summed E-state index contributed by atoms with van der Waals surface area (Å²) in [5, 5.41) is 21.9. The van der Waals surface area contributed by atoms with Crippen LogP contribution in [-0.2, 0) is 0 Å². The van der Waals surface area contributed by atoms with Crippen LogP contribution in [0.3, 0.4) is 0 Å². The molecular formula is C13H13N5O4. The summed E-state index contributed by atoms with van der Waals surface area (Å²) in [7, 11) is 0. The molecule has 0 aliphatic heterocycles. The quantitative estimate of drug-likeness (QED) is 0.405. The molecule has 114 valence electrons. The molecule has 1 aromatic heterocycles. The molecule has 0 atom stereocenters. The first-order valence-corrected chi connectivity index (χ1v) is 6.38. The molecule has 22 heavy (non-hydrogen) atoms. The van der Waals surface area contributed by atoms with Crippen LogP contribution in [0.15, 0.2) is 41.2 Å². The molecule has 0 fully saturated rings. The second-order valence-electron chi connectivity index (χ2n) is 4.29. The monoisotopic (exact) mass is 303 g/mol. The fourth-order valence-corrected chi connectivity index (χ4v) is 1.65. The average Bonchev–Trinajstić information content (AvgIpc) is 2.52. The highest BCUT2D eigenvalue weighted by Gasteiger charge is 2.06. The lowest BCUT2D eigenvalue weighted by Gasteiger charge is -2.07. The van der Waals surface area contributed by atoms with Crippen LogP contribution in [0.5, 0.6) is 0 Å². The number of hydrogen-bond donors (Lipinski definition) is 3. The first-order valence-electron chi connectivity index (χ1n) is 6.38. The lowest BCUT2D eigenvalue weighted by molar-refractivity contribution is -0.384. The molecule has 0 saturated carbocycles. The number of aromatic amines is 1. The number of nitrogens with zero attached hydrogens (tertiary/aromatic N) is 2. The molecule has 0 unspecified atom stereocenters. The average molecular weight is 303 g/mol. The van der Waals surface area contributed by atoms with Crippen molar-refractivity contribution < 1.29 is 9.72 Å². The number of H-pyrrole nitrogens is 1. The molecule has 2 aromatic rings. The zero-order chi connectivity index (χ0) is 15.9. The number of nitrogens with one attached hydrogen (secondary N) is 3. The Morgan fingerprint density at radius 1 is 1.18 bits per heavy atom. The highest BCUT2D eigenvalue weighted by atomic mass is 16.6. The van der Waals surface area contributed by atoms with Gasteiger partial charge in [-0.2, -0.15) is 5.10 Å². The Morgan fingerprint density at radius 3 is 2.50 bits per heavy atom. The third-order valence-electron chi connectivity index (χ3n) is 2.73. The second kappa shape index (κ2) is 6.97. The smallest absolute Gasteiger partial charge is 0.271 e. The van der Waals surface area contributed by atoms with Crippen LogP contribution in [0.1, 0.15) is 10.5 Å². The lowest BCUT2D eigenvalue weighted by Crippen LogP contribution is -2.30. The van der Waals surface area contributed by atoms with Crippen LogP contribution in [0.4, 0.5) is 11.4 Å². The van der Waals surface area contributed by atoms with E-state index in [0.717, 1.165) is 0 Å². The van der Waals surface area contributed by atoms with E-state index in [1.165, 1.54) is 24.3 Å². The van der Waals surface area contributed by atoms with Crippen molar-refractivity contribution in [3.8, 4) is 0 Å². The molecule has 1 heterocycles. The van der Waals surface area contributed by atoms with E-state index in [2.05, 4.69) is 20.8 Å². The summed E-state index contributed by atoms with van der Waals surface area (Å²) < 4.78 is 0. The van der Waals surface area contributed by atoms with Gasteiger partial charge in [-0.3, -0.25) is 19.7 Å². The molecule has 3 N–H and O–H groups in total. The number of carbonyl (C=O) groups excluding carboxylic acids is 1. The van der Waals surface area contributed by atoms with Crippen molar-refractivity contribution in [3.05, 3.63) is 62.6 Å². The molecule has 0 radical (unpaired) electrons. The largest absolute Gasteiger partial charge is 0.383 e. The second-order valence-corrected chi connectivity index (χ2v) is 4.29. The van der Waals surface area contributed by atoms with Crippen LogP contribution < -0.4 is 16.2 Å². The molecule has 1 amide bonds. The SMILES string of the molecule is O=C(NCCNc1ccc([N+](=O)[O-])cc1)c1ccc(=O)[nH]n1. The summed E-state index contributed by atoms with van der Waals surface area (Å²) in [5.41, 5.74) is 0.469. The van der Waals surface area contributed by atoms with Gasteiger partial charge >= 0.3 is 0 Å². The molecular weight excluding hydrogens is 290 g/mol. The fraction of sp³-hybridized carbons (Fsp3) is 0.154. The van der Waals surface area contributed by atoms with Gasteiger partial charge in [0.2, 0.25) is 0 Å². The first-order chi connectivity index (χ1) is 10.6. The summed E-state index contributed by atoms with van der Waals surface area (Å²) in [4.78, 5) is 32.6. The van der Waals surface area contributed by atoms with E-state index in [1.807, 2.05) is 0 Å². The Balaban J connectivity index is 1.77. The Bertz CT molecular complexity index is 705. The molecule has 9 nitrogen and oxygen atoms in total. The molecule has 0 aliphatic rings. The zero-order valence-corrected chi connectivity index (χ0v) is 11.4. The van der Waals surface area contributed by atoms with Gasteiger partial charge in [-0.1, -0.05) is 0 Å². The summed E-state index contributed by atoms with van der Waals surface area (Å²) >= 11 is 0. The van der Waals surface area contributed by atoms with Gasteiger partial charge in [0.1, 0.15) is 5.69 Å². The van der Waals surface area contributed by atoms with E-state index in [4.69, 9.17) is 0 Å². The van der Waals surface area contributed by atoms with Gasteiger partial charge in [-0.05, 0) is 18.2 Å². The number of benzene rings is 1. The van der Waals surface area contributed by atoms with E-state index >= 15 is 0 Å². The standard InChI is InChI=1S/C13H13N5O4/c19-12-6-5-11(16-17-12)13(20)15-8-7-14-9-1-3-10(4-2-9)18(21)22/h1-6,14H,7-8H2,(H,15,20)(H,17,19). The number of non-ortho nitro benzene ring substituents is 1. The van der Waals surface area contributed by atoms with E-state index in [1.54, 1.807) is 12.1 Å². The Morgan fingerprint density at radius 2 is 1.91 bits per heavy atom. The molecule has 0 saturated heterocycles. The van der Waals surface area contributed by atoms with E-state index < -0.39 is 10.8 Å². The van der Waals surface area contributed by atoms with Crippen molar-refractivity contribution in [3.63, 3.8) is 0 Å². The van der Waals surface area contributed by atoms with Crippen LogP contribution in [0.25, 0.3) is 0 Å². The minimum Gasteiger partial charge on any atom is -0.383 e. The predicted octanol–water partition coefficient (Wildman–Crippen LogP) is 0.520. The maximum Gasteiger partial charge on any atom is 0.271 e. The number of nitro benzene ring substituents is 1. The topological polar surface area (TPSA) is 130 Å². The van der Waals surface area contributed by atoms with Gasteiger partial charge in [0, 0.05) is 37.0 Å². The maximum absolute atomic E-state index is 11.7. The van der Waals surface area contributed by atoms with Crippen molar-refractivity contribution >= 4 is 17.3 Å². The maximum atomic E-state index is 11.7. The number of rotatable bonds is 6. The van der Waals surface area contributed by atoms with Gasteiger partial charge in [0.25, 0.3) is 17.2 Å². The van der Waals surface area contributed by atoms with Crippen molar-refractivity contribution in [1.82, 2.24) is 15.5 Å². The summed E-state index contributed by atoms with van der Waals surface area (Å²) in [5.74, 6) is -0.401. The highest BCUT2D eigenvalue weighted by Crippen LogP contribution is 2.14. The van der Waals surface area contributed by atoms with Gasteiger partial charge < -0.3 is 10.6 Å². The van der Waals surface area contributed by atoms with Crippen LogP contribution in [-0.4, -0.2) is 34.1 Å². The van der Waals surface area contributed by atoms with Crippen LogP contribution >= 0.6 is 0 Å².